The van der Waals surface area contributed by atoms with E-state index in [1.54, 1.807) is 13.3 Å². The normalized spacial score (nSPS) is 9.84. The number of nitrogens with zero attached hydrogens (tertiary/aromatic N) is 3. The van der Waals surface area contributed by atoms with E-state index in [0.29, 0.717) is 17.3 Å². The first-order valence-electron chi connectivity index (χ1n) is 7.13. The first kappa shape index (κ1) is 17.9. The molecule has 10 nitrogen and oxygen atoms in total. The summed E-state index contributed by atoms with van der Waals surface area (Å²) in [5.41, 5.74) is 1.60. The molecule has 0 atom stereocenters. The average Bonchev–Trinajstić information content (AvgIpc) is 3.08. The summed E-state index contributed by atoms with van der Waals surface area (Å²) in [5.74, 6) is 1.58. The van der Waals surface area contributed by atoms with Gasteiger partial charge >= 0.3 is 0 Å². The van der Waals surface area contributed by atoms with Crippen LogP contribution < -0.4 is 14.8 Å². The fraction of sp³-hybridized carbons (Fsp3) is 0.200. The van der Waals surface area contributed by atoms with Crippen LogP contribution in [0.4, 0.5) is 11.5 Å². The molecule has 0 aliphatic carbocycles. The Morgan fingerprint density at radius 1 is 1.32 bits per heavy atom. The summed E-state index contributed by atoms with van der Waals surface area (Å²) in [6.45, 7) is -0.168. The van der Waals surface area contributed by atoms with Crippen LogP contribution in [0, 0.1) is 0 Å². The lowest BCUT2D eigenvalue weighted by Crippen LogP contribution is -2.06. The topological polar surface area (TPSA) is 142 Å². The molecular formula is C15H17N5O5. The number of nitrogens with one attached hydrogen (secondary N) is 2. The van der Waals surface area contributed by atoms with Crippen molar-refractivity contribution in [2.24, 2.45) is 0 Å². The predicted octanol–water partition coefficient (Wildman–Crippen LogP) is 1.18. The maximum absolute atomic E-state index is 8.87. The molecule has 0 aliphatic rings. The lowest BCUT2D eigenvalue weighted by atomic mass is 10.2. The van der Waals surface area contributed by atoms with Crippen LogP contribution in [0.2, 0.25) is 0 Å². The third-order valence-electron chi connectivity index (χ3n) is 3.04. The maximum Gasteiger partial charge on any atom is 0.290 e. The Kier molecular flexibility index (Phi) is 6.48. The van der Waals surface area contributed by atoms with Crippen LogP contribution in [0.15, 0.2) is 30.9 Å². The van der Waals surface area contributed by atoms with Gasteiger partial charge in [0.1, 0.15) is 18.7 Å². The summed E-state index contributed by atoms with van der Waals surface area (Å²) >= 11 is 0. The molecule has 0 aliphatic heterocycles. The van der Waals surface area contributed by atoms with Crippen LogP contribution in [-0.2, 0) is 4.79 Å². The van der Waals surface area contributed by atoms with Crippen molar-refractivity contribution in [2.75, 3.05) is 25.6 Å². The van der Waals surface area contributed by atoms with Crippen molar-refractivity contribution in [1.82, 2.24) is 20.2 Å². The smallest absolute Gasteiger partial charge is 0.290 e. The van der Waals surface area contributed by atoms with Crippen molar-refractivity contribution < 1.29 is 24.5 Å². The van der Waals surface area contributed by atoms with Gasteiger partial charge in [-0.15, -0.1) is 0 Å². The molecule has 3 aromatic rings. The lowest BCUT2D eigenvalue weighted by Gasteiger charge is -2.13. The second-order valence-corrected chi connectivity index (χ2v) is 4.55. The van der Waals surface area contributed by atoms with E-state index in [9.17, 15) is 0 Å². The van der Waals surface area contributed by atoms with Crippen LogP contribution >= 0.6 is 0 Å². The van der Waals surface area contributed by atoms with Crippen LogP contribution in [0.1, 0.15) is 0 Å². The SMILES string of the molecule is COc1cc2[nH]ncc2cc1Nc1ncncc1OCCO.O=CO. The van der Waals surface area contributed by atoms with E-state index in [2.05, 4.69) is 25.5 Å². The highest BCUT2D eigenvalue weighted by molar-refractivity contribution is 5.86. The maximum atomic E-state index is 8.87. The van der Waals surface area contributed by atoms with Gasteiger partial charge in [0, 0.05) is 11.5 Å². The van der Waals surface area contributed by atoms with E-state index in [1.807, 2.05) is 12.1 Å². The summed E-state index contributed by atoms with van der Waals surface area (Å²) in [7, 11) is 1.59. The van der Waals surface area contributed by atoms with Crippen molar-refractivity contribution in [1.29, 1.82) is 0 Å². The summed E-state index contributed by atoms with van der Waals surface area (Å²) in [6, 6.07) is 3.75. The fourth-order valence-corrected chi connectivity index (χ4v) is 2.04. The third kappa shape index (κ3) is 4.54. The van der Waals surface area contributed by atoms with E-state index in [-0.39, 0.29) is 19.7 Å². The monoisotopic (exact) mass is 347 g/mol. The number of fused-ring (bicyclic) bond motifs is 1. The molecule has 0 spiro atoms. The van der Waals surface area contributed by atoms with Crippen LogP contribution in [0.5, 0.6) is 11.5 Å². The van der Waals surface area contributed by atoms with Gasteiger partial charge in [-0.05, 0) is 6.07 Å². The van der Waals surface area contributed by atoms with E-state index >= 15 is 0 Å². The lowest BCUT2D eigenvalue weighted by molar-refractivity contribution is -0.122. The number of hydrogen-bond acceptors (Lipinski definition) is 8. The minimum absolute atomic E-state index is 0.0847. The standard InChI is InChI=1S/C14H15N5O3.CH2O2/c1-21-12-5-10-9(6-17-19-10)4-11(12)18-14-13(22-3-2-20)7-15-8-16-14;2-1-3/h4-8,20H,2-3H2,1H3,(H,17,19)(H,15,16,18);1H,(H,2,3). The first-order valence-corrected chi connectivity index (χ1v) is 7.13. The van der Waals surface area contributed by atoms with Gasteiger partial charge in [0.05, 0.1) is 37.3 Å². The number of rotatable bonds is 6. The summed E-state index contributed by atoms with van der Waals surface area (Å²) in [5, 5.41) is 26.7. The van der Waals surface area contributed by atoms with Crippen molar-refractivity contribution in [3.8, 4) is 11.5 Å². The van der Waals surface area contributed by atoms with Gasteiger partial charge in [-0.25, -0.2) is 9.97 Å². The average molecular weight is 347 g/mol. The van der Waals surface area contributed by atoms with Crippen molar-refractivity contribution in [3.63, 3.8) is 0 Å². The van der Waals surface area contributed by atoms with Gasteiger partial charge in [0.2, 0.25) is 0 Å². The molecule has 0 amide bonds. The van der Waals surface area contributed by atoms with E-state index in [0.717, 1.165) is 16.6 Å². The summed E-state index contributed by atoms with van der Waals surface area (Å²) < 4.78 is 10.8. The molecule has 0 saturated heterocycles. The number of aromatic nitrogens is 4. The second kappa shape index (κ2) is 9.03. The number of aromatic amines is 1. The summed E-state index contributed by atoms with van der Waals surface area (Å²) in [6.07, 6.45) is 4.67. The molecule has 4 N–H and O–H groups in total. The number of carboxylic acid groups (broad SMARTS) is 1. The third-order valence-corrected chi connectivity index (χ3v) is 3.04. The Hall–Kier alpha value is -3.40. The highest BCUT2D eigenvalue weighted by atomic mass is 16.5. The Morgan fingerprint density at radius 2 is 2.12 bits per heavy atom. The van der Waals surface area contributed by atoms with E-state index in [1.165, 1.54) is 12.5 Å². The molecule has 0 fully saturated rings. The van der Waals surface area contributed by atoms with Gasteiger partial charge in [-0.3, -0.25) is 9.89 Å². The number of methoxy groups -OCH3 is 1. The first-order chi connectivity index (χ1) is 12.2. The number of carbonyl (C=O) groups is 1. The molecule has 0 radical (unpaired) electrons. The zero-order valence-corrected chi connectivity index (χ0v) is 13.3. The quantitative estimate of drug-likeness (QED) is 0.483. The van der Waals surface area contributed by atoms with Crippen LogP contribution in [-0.4, -0.2) is 57.2 Å². The molecule has 2 aromatic heterocycles. The van der Waals surface area contributed by atoms with Gasteiger partial charge in [0.15, 0.2) is 11.6 Å². The second-order valence-electron chi connectivity index (χ2n) is 4.55. The Bertz CT molecular complexity index is 823. The van der Waals surface area contributed by atoms with Crippen molar-refractivity contribution in [2.45, 2.75) is 0 Å². The number of hydrogen-bond donors (Lipinski definition) is 4. The van der Waals surface area contributed by atoms with Gasteiger partial charge in [0.25, 0.3) is 6.47 Å². The van der Waals surface area contributed by atoms with Crippen LogP contribution in [0.25, 0.3) is 10.9 Å². The number of H-pyrrole nitrogens is 1. The molecule has 25 heavy (non-hydrogen) atoms. The summed E-state index contributed by atoms with van der Waals surface area (Å²) in [4.78, 5) is 16.4. The number of ether oxygens (including phenoxy) is 2. The van der Waals surface area contributed by atoms with Gasteiger partial charge in [-0.1, -0.05) is 0 Å². The minimum atomic E-state index is -0.250. The Morgan fingerprint density at radius 3 is 2.84 bits per heavy atom. The fourth-order valence-electron chi connectivity index (χ4n) is 2.04. The largest absolute Gasteiger partial charge is 0.494 e. The highest BCUT2D eigenvalue weighted by Gasteiger charge is 2.11. The molecule has 0 unspecified atom stereocenters. The molecule has 132 valence electrons. The number of aliphatic hydroxyl groups excluding tert-OH is 1. The number of benzene rings is 1. The molecule has 0 bridgehead atoms. The molecule has 0 saturated carbocycles. The number of anilines is 2. The van der Waals surface area contributed by atoms with Gasteiger partial charge < -0.3 is 25.0 Å². The van der Waals surface area contributed by atoms with Crippen molar-refractivity contribution >= 4 is 28.9 Å². The Labute approximate surface area is 142 Å². The number of aliphatic hydroxyl groups is 1. The van der Waals surface area contributed by atoms with Crippen LogP contribution in [0.3, 0.4) is 0 Å². The molecule has 2 heterocycles. The van der Waals surface area contributed by atoms with Crippen molar-refractivity contribution in [3.05, 3.63) is 30.9 Å². The molecule has 1 aromatic carbocycles. The van der Waals surface area contributed by atoms with Gasteiger partial charge in [-0.2, -0.15) is 5.10 Å². The predicted molar refractivity (Wildman–Crippen MR) is 89.2 cm³/mol. The zero-order chi connectivity index (χ0) is 18.1. The highest BCUT2D eigenvalue weighted by Crippen LogP contribution is 2.33. The molecule has 10 heteroatoms. The molecular weight excluding hydrogens is 330 g/mol. The van der Waals surface area contributed by atoms with E-state index < -0.39 is 0 Å². The Balaban J connectivity index is 0.000000701. The zero-order valence-electron chi connectivity index (χ0n) is 13.3. The van der Waals surface area contributed by atoms with E-state index in [4.69, 9.17) is 24.5 Å². The minimum Gasteiger partial charge on any atom is -0.494 e. The molecule has 3 rings (SSSR count).